The van der Waals surface area contributed by atoms with Gasteiger partial charge in [0.1, 0.15) is 19.0 Å². The minimum atomic E-state index is -0.536. The van der Waals surface area contributed by atoms with Crippen LogP contribution < -0.4 is 19.5 Å². The highest BCUT2D eigenvalue weighted by molar-refractivity contribution is 5.81. The van der Waals surface area contributed by atoms with Crippen LogP contribution in [0, 0.1) is 13.8 Å². The molecule has 2 aromatic carbocycles. The normalized spacial score (nSPS) is 15.0. The standard InChI is InChI=1S/C22H27NO4/c1-5-18(27-19-8-6-14(2)12-15(19)3)22(24)23-16(4)17-7-9-20-21(13-17)26-11-10-25-20/h6-9,12-13,16,18H,5,10-11H2,1-4H3,(H,23,24)/t16-,18-/m0/s1. The summed E-state index contributed by atoms with van der Waals surface area (Å²) in [6.07, 6.45) is 0.0542. The van der Waals surface area contributed by atoms with E-state index in [9.17, 15) is 4.79 Å². The molecule has 1 amide bonds. The molecule has 0 radical (unpaired) electrons. The maximum atomic E-state index is 12.7. The van der Waals surface area contributed by atoms with Crippen molar-refractivity contribution >= 4 is 5.91 Å². The van der Waals surface area contributed by atoms with Gasteiger partial charge in [0, 0.05) is 0 Å². The summed E-state index contributed by atoms with van der Waals surface area (Å²) in [4.78, 5) is 12.7. The molecule has 1 N–H and O–H groups in total. The third-order valence-electron chi connectivity index (χ3n) is 4.69. The lowest BCUT2D eigenvalue weighted by Crippen LogP contribution is -2.39. The fourth-order valence-corrected chi connectivity index (χ4v) is 3.13. The van der Waals surface area contributed by atoms with Gasteiger partial charge in [-0.1, -0.05) is 30.7 Å². The van der Waals surface area contributed by atoms with Crippen LogP contribution in [-0.2, 0) is 4.79 Å². The van der Waals surface area contributed by atoms with Gasteiger partial charge in [-0.3, -0.25) is 4.79 Å². The van der Waals surface area contributed by atoms with Gasteiger partial charge in [0.2, 0.25) is 0 Å². The van der Waals surface area contributed by atoms with Crippen LogP contribution in [0.2, 0.25) is 0 Å². The van der Waals surface area contributed by atoms with Crippen LogP contribution in [0.25, 0.3) is 0 Å². The van der Waals surface area contributed by atoms with Gasteiger partial charge in [0.15, 0.2) is 17.6 Å². The summed E-state index contributed by atoms with van der Waals surface area (Å²) in [5, 5.41) is 3.04. The van der Waals surface area contributed by atoms with Gasteiger partial charge in [-0.2, -0.15) is 0 Å². The molecule has 0 fully saturated rings. The van der Waals surface area contributed by atoms with E-state index in [0.717, 1.165) is 28.4 Å². The molecular weight excluding hydrogens is 342 g/mol. The first kappa shape index (κ1) is 19.1. The Bertz CT molecular complexity index is 818. The van der Waals surface area contributed by atoms with Crippen molar-refractivity contribution in [3.63, 3.8) is 0 Å². The van der Waals surface area contributed by atoms with E-state index in [1.165, 1.54) is 5.56 Å². The van der Waals surface area contributed by atoms with Gasteiger partial charge in [0.05, 0.1) is 6.04 Å². The Kier molecular flexibility index (Phi) is 5.89. The molecular formula is C22H27NO4. The van der Waals surface area contributed by atoms with E-state index in [4.69, 9.17) is 14.2 Å². The number of nitrogens with one attached hydrogen (secondary N) is 1. The number of carbonyl (C=O) groups excluding carboxylic acids is 1. The van der Waals surface area contributed by atoms with Crippen LogP contribution in [0.15, 0.2) is 36.4 Å². The van der Waals surface area contributed by atoms with Gasteiger partial charge in [-0.15, -0.1) is 0 Å². The quantitative estimate of drug-likeness (QED) is 0.833. The van der Waals surface area contributed by atoms with E-state index in [1.54, 1.807) is 0 Å². The molecule has 0 aromatic heterocycles. The number of ether oxygens (including phenoxy) is 3. The molecule has 5 nitrogen and oxygen atoms in total. The highest BCUT2D eigenvalue weighted by atomic mass is 16.6. The summed E-state index contributed by atoms with van der Waals surface area (Å²) in [6.45, 7) is 9.03. The summed E-state index contributed by atoms with van der Waals surface area (Å²) in [6, 6.07) is 11.6. The minimum Gasteiger partial charge on any atom is -0.486 e. The lowest BCUT2D eigenvalue weighted by atomic mass is 10.1. The van der Waals surface area contributed by atoms with Crippen molar-refractivity contribution in [3.8, 4) is 17.2 Å². The van der Waals surface area contributed by atoms with Crippen molar-refractivity contribution < 1.29 is 19.0 Å². The maximum absolute atomic E-state index is 12.7. The van der Waals surface area contributed by atoms with Gasteiger partial charge in [-0.05, 0) is 56.5 Å². The molecule has 1 heterocycles. The predicted octanol–water partition coefficient (Wildman–Crippen LogP) is 4.11. The van der Waals surface area contributed by atoms with E-state index < -0.39 is 6.10 Å². The van der Waals surface area contributed by atoms with Crippen molar-refractivity contribution in [1.82, 2.24) is 5.32 Å². The number of carbonyl (C=O) groups is 1. The molecule has 144 valence electrons. The first-order chi connectivity index (χ1) is 13.0. The molecule has 27 heavy (non-hydrogen) atoms. The molecule has 0 spiro atoms. The third kappa shape index (κ3) is 4.54. The van der Waals surface area contributed by atoms with Crippen molar-refractivity contribution in [3.05, 3.63) is 53.1 Å². The first-order valence-electron chi connectivity index (χ1n) is 9.41. The van der Waals surface area contributed by atoms with Crippen molar-refractivity contribution in [2.45, 2.75) is 46.3 Å². The van der Waals surface area contributed by atoms with Crippen molar-refractivity contribution in [1.29, 1.82) is 0 Å². The number of benzene rings is 2. The molecule has 1 aliphatic rings. The smallest absolute Gasteiger partial charge is 0.261 e. The van der Waals surface area contributed by atoms with Crippen LogP contribution in [0.3, 0.4) is 0 Å². The fourth-order valence-electron chi connectivity index (χ4n) is 3.13. The minimum absolute atomic E-state index is 0.125. The van der Waals surface area contributed by atoms with E-state index in [0.29, 0.717) is 19.6 Å². The van der Waals surface area contributed by atoms with Crippen LogP contribution in [-0.4, -0.2) is 25.2 Å². The molecule has 0 aliphatic carbocycles. The summed E-state index contributed by atoms with van der Waals surface area (Å²) in [7, 11) is 0. The highest BCUT2D eigenvalue weighted by Crippen LogP contribution is 2.32. The summed E-state index contributed by atoms with van der Waals surface area (Å²) < 4.78 is 17.2. The third-order valence-corrected chi connectivity index (χ3v) is 4.69. The molecule has 1 aliphatic heterocycles. The second-order valence-electron chi connectivity index (χ2n) is 6.92. The first-order valence-corrected chi connectivity index (χ1v) is 9.41. The number of hydrogen-bond donors (Lipinski definition) is 1. The van der Waals surface area contributed by atoms with Crippen molar-refractivity contribution in [2.24, 2.45) is 0 Å². The molecule has 5 heteroatoms. The van der Waals surface area contributed by atoms with E-state index >= 15 is 0 Å². The summed E-state index contributed by atoms with van der Waals surface area (Å²) in [5.74, 6) is 2.08. The largest absolute Gasteiger partial charge is 0.486 e. The van der Waals surface area contributed by atoms with Crippen LogP contribution in [0.4, 0.5) is 0 Å². The molecule has 2 atom stereocenters. The molecule has 0 bridgehead atoms. The second-order valence-corrected chi connectivity index (χ2v) is 6.92. The van der Waals surface area contributed by atoms with Gasteiger partial charge in [0.25, 0.3) is 5.91 Å². The van der Waals surface area contributed by atoms with Crippen molar-refractivity contribution in [2.75, 3.05) is 13.2 Å². The molecule has 2 aromatic rings. The predicted molar refractivity (Wildman–Crippen MR) is 105 cm³/mol. The van der Waals surface area contributed by atoms with Gasteiger partial charge < -0.3 is 19.5 Å². The monoisotopic (exact) mass is 369 g/mol. The van der Waals surface area contributed by atoms with Gasteiger partial charge in [-0.25, -0.2) is 0 Å². The number of rotatable bonds is 6. The topological polar surface area (TPSA) is 56.8 Å². The zero-order chi connectivity index (χ0) is 19.4. The fraction of sp³-hybridized carbons (Fsp3) is 0.409. The number of fused-ring (bicyclic) bond motifs is 1. The Hall–Kier alpha value is -2.69. The Balaban J connectivity index is 1.67. The Morgan fingerprint density at radius 3 is 2.56 bits per heavy atom. The zero-order valence-corrected chi connectivity index (χ0v) is 16.4. The molecule has 0 unspecified atom stereocenters. The summed E-state index contributed by atoms with van der Waals surface area (Å²) >= 11 is 0. The van der Waals surface area contributed by atoms with Crippen LogP contribution >= 0.6 is 0 Å². The molecule has 3 rings (SSSR count). The average Bonchev–Trinajstić information content (AvgIpc) is 2.66. The second kappa shape index (κ2) is 8.33. The van der Waals surface area contributed by atoms with E-state index in [1.807, 2.05) is 58.0 Å². The number of hydrogen-bond acceptors (Lipinski definition) is 4. The lowest BCUT2D eigenvalue weighted by molar-refractivity contribution is -0.128. The lowest BCUT2D eigenvalue weighted by Gasteiger charge is -2.23. The number of aryl methyl sites for hydroxylation is 2. The van der Waals surface area contributed by atoms with Gasteiger partial charge >= 0.3 is 0 Å². The SMILES string of the molecule is CC[C@H](Oc1ccc(C)cc1C)C(=O)N[C@@H](C)c1ccc2c(c1)OCCO2. The maximum Gasteiger partial charge on any atom is 0.261 e. The van der Waals surface area contributed by atoms with E-state index in [-0.39, 0.29) is 11.9 Å². The Labute approximate surface area is 160 Å². The Morgan fingerprint density at radius 1 is 1.11 bits per heavy atom. The number of amides is 1. The van der Waals surface area contributed by atoms with Crippen LogP contribution in [0.5, 0.6) is 17.2 Å². The molecule has 0 saturated carbocycles. The summed E-state index contributed by atoms with van der Waals surface area (Å²) in [5.41, 5.74) is 3.17. The van der Waals surface area contributed by atoms with E-state index in [2.05, 4.69) is 11.4 Å². The Morgan fingerprint density at radius 2 is 1.85 bits per heavy atom. The highest BCUT2D eigenvalue weighted by Gasteiger charge is 2.22. The zero-order valence-electron chi connectivity index (χ0n) is 16.4. The average molecular weight is 369 g/mol. The molecule has 0 saturated heterocycles. The van der Waals surface area contributed by atoms with Crippen LogP contribution in [0.1, 0.15) is 43.0 Å².